The lowest BCUT2D eigenvalue weighted by molar-refractivity contribution is 0.320. The average molecular weight is 200 g/mol. The first-order chi connectivity index (χ1) is 6.27. The third-order valence-corrected chi connectivity index (χ3v) is 1.79. The Labute approximate surface area is 81.6 Å². The molecule has 1 N–H and O–H groups in total. The van der Waals surface area contributed by atoms with Crippen molar-refractivity contribution in [3.8, 4) is 5.75 Å². The standard InChI is InChI=1S/C9H10ClNO2/c1-2-13-8-5-3-7(4-6-8)9(10)11-12/h3-6,12H,2H2,1H3. The van der Waals surface area contributed by atoms with Gasteiger partial charge in [0.1, 0.15) is 5.75 Å². The van der Waals surface area contributed by atoms with Gasteiger partial charge in [-0.1, -0.05) is 16.8 Å². The molecule has 1 aromatic carbocycles. The van der Waals surface area contributed by atoms with Gasteiger partial charge >= 0.3 is 0 Å². The summed E-state index contributed by atoms with van der Waals surface area (Å²) in [5, 5.41) is 11.3. The second-order valence-corrected chi connectivity index (χ2v) is 2.71. The number of benzene rings is 1. The zero-order valence-corrected chi connectivity index (χ0v) is 7.95. The third kappa shape index (κ3) is 2.63. The zero-order valence-electron chi connectivity index (χ0n) is 7.20. The van der Waals surface area contributed by atoms with Gasteiger partial charge in [0.25, 0.3) is 0 Å². The molecule has 4 heteroatoms. The molecule has 0 aliphatic heterocycles. The van der Waals surface area contributed by atoms with E-state index in [9.17, 15) is 0 Å². The van der Waals surface area contributed by atoms with Crippen LogP contribution in [0.1, 0.15) is 12.5 Å². The number of hydrogen-bond acceptors (Lipinski definition) is 3. The van der Waals surface area contributed by atoms with Gasteiger partial charge in [0.05, 0.1) is 6.61 Å². The van der Waals surface area contributed by atoms with Crippen LogP contribution in [-0.2, 0) is 0 Å². The molecule has 0 heterocycles. The van der Waals surface area contributed by atoms with E-state index in [4.69, 9.17) is 21.5 Å². The quantitative estimate of drug-likeness (QED) is 0.462. The smallest absolute Gasteiger partial charge is 0.175 e. The van der Waals surface area contributed by atoms with Crippen molar-refractivity contribution in [2.75, 3.05) is 6.61 Å². The minimum Gasteiger partial charge on any atom is -0.494 e. The largest absolute Gasteiger partial charge is 0.494 e. The maximum absolute atomic E-state index is 8.39. The van der Waals surface area contributed by atoms with E-state index in [0.29, 0.717) is 12.2 Å². The highest BCUT2D eigenvalue weighted by atomic mass is 35.5. The van der Waals surface area contributed by atoms with Crippen LogP contribution in [0.4, 0.5) is 0 Å². The summed E-state index contributed by atoms with van der Waals surface area (Å²) >= 11 is 5.58. The predicted molar refractivity (Wildman–Crippen MR) is 51.8 cm³/mol. The van der Waals surface area contributed by atoms with Crippen molar-refractivity contribution in [2.24, 2.45) is 5.16 Å². The van der Waals surface area contributed by atoms with Gasteiger partial charge in [0.15, 0.2) is 5.17 Å². The number of ether oxygens (including phenoxy) is 1. The Hall–Kier alpha value is -1.22. The Morgan fingerprint density at radius 1 is 1.46 bits per heavy atom. The first-order valence-electron chi connectivity index (χ1n) is 3.88. The van der Waals surface area contributed by atoms with Crippen LogP contribution in [0, 0.1) is 0 Å². The van der Waals surface area contributed by atoms with Gasteiger partial charge in [0.2, 0.25) is 0 Å². The summed E-state index contributed by atoms with van der Waals surface area (Å²) in [6.45, 7) is 2.54. The fraction of sp³-hybridized carbons (Fsp3) is 0.222. The maximum atomic E-state index is 8.39. The SMILES string of the molecule is CCOc1ccc(C(Cl)=NO)cc1. The molecule has 0 unspecified atom stereocenters. The van der Waals surface area contributed by atoms with Crippen molar-refractivity contribution in [1.29, 1.82) is 0 Å². The highest BCUT2D eigenvalue weighted by Crippen LogP contribution is 2.13. The second-order valence-electron chi connectivity index (χ2n) is 2.35. The molecule has 1 aromatic rings. The monoisotopic (exact) mass is 199 g/mol. The molecule has 0 bridgehead atoms. The van der Waals surface area contributed by atoms with E-state index in [1.807, 2.05) is 6.92 Å². The van der Waals surface area contributed by atoms with Gasteiger partial charge in [-0.2, -0.15) is 0 Å². The van der Waals surface area contributed by atoms with Crippen molar-refractivity contribution in [3.63, 3.8) is 0 Å². The van der Waals surface area contributed by atoms with E-state index in [1.165, 1.54) is 0 Å². The Bertz CT molecular complexity index is 295. The Kier molecular flexibility index (Phi) is 3.58. The maximum Gasteiger partial charge on any atom is 0.175 e. The van der Waals surface area contributed by atoms with Gasteiger partial charge in [-0.05, 0) is 31.2 Å². The van der Waals surface area contributed by atoms with Crippen LogP contribution in [0.3, 0.4) is 0 Å². The lowest BCUT2D eigenvalue weighted by atomic mass is 10.2. The Balaban J connectivity index is 2.81. The highest BCUT2D eigenvalue weighted by Gasteiger charge is 1.99. The molecule has 0 radical (unpaired) electrons. The van der Waals surface area contributed by atoms with Crippen LogP contribution in [0.2, 0.25) is 0 Å². The molecule has 0 spiro atoms. The molecule has 0 aliphatic carbocycles. The van der Waals surface area contributed by atoms with Gasteiger partial charge in [-0.3, -0.25) is 0 Å². The van der Waals surface area contributed by atoms with Gasteiger partial charge < -0.3 is 9.94 Å². The van der Waals surface area contributed by atoms with Crippen LogP contribution in [-0.4, -0.2) is 17.0 Å². The van der Waals surface area contributed by atoms with E-state index >= 15 is 0 Å². The number of rotatable bonds is 3. The van der Waals surface area contributed by atoms with Crippen LogP contribution in [0.5, 0.6) is 5.75 Å². The summed E-state index contributed by atoms with van der Waals surface area (Å²) in [5.74, 6) is 0.772. The van der Waals surface area contributed by atoms with Crippen LogP contribution in [0.15, 0.2) is 29.4 Å². The van der Waals surface area contributed by atoms with E-state index in [0.717, 1.165) is 5.75 Å². The summed E-state index contributed by atoms with van der Waals surface area (Å²) < 4.78 is 5.23. The van der Waals surface area contributed by atoms with Crippen molar-refractivity contribution in [2.45, 2.75) is 6.92 Å². The van der Waals surface area contributed by atoms with Crippen LogP contribution < -0.4 is 4.74 Å². The summed E-state index contributed by atoms with van der Waals surface area (Å²) in [4.78, 5) is 0. The molecular weight excluding hydrogens is 190 g/mol. The van der Waals surface area contributed by atoms with Crippen LogP contribution in [0.25, 0.3) is 0 Å². The van der Waals surface area contributed by atoms with Gasteiger partial charge in [-0.15, -0.1) is 0 Å². The molecule has 13 heavy (non-hydrogen) atoms. The third-order valence-electron chi connectivity index (χ3n) is 1.49. The van der Waals surface area contributed by atoms with Gasteiger partial charge in [0, 0.05) is 5.56 Å². The number of nitrogens with zero attached hydrogens (tertiary/aromatic N) is 1. The van der Waals surface area contributed by atoms with E-state index in [2.05, 4.69) is 5.16 Å². The molecular formula is C9H10ClNO2. The fourth-order valence-corrected chi connectivity index (χ4v) is 1.04. The predicted octanol–water partition coefficient (Wildman–Crippen LogP) is 2.46. The Morgan fingerprint density at radius 3 is 2.54 bits per heavy atom. The summed E-state index contributed by atoms with van der Waals surface area (Å²) in [6, 6.07) is 7.00. The number of oxime groups is 1. The van der Waals surface area contributed by atoms with E-state index in [1.54, 1.807) is 24.3 Å². The summed E-state index contributed by atoms with van der Waals surface area (Å²) in [6.07, 6.45) is 0. The topological polar surface area (TPSA) is 41.8 Å². The molecule has 0 fully saturated rings. The Morgan fingerprint density at radius 2 is 2.08 bits per heavy atom. The molecule has 0 saturated carbocycles. The molecule has 1 rings (SSSR count). The summed E-state index contributed by atoms with van der Waals surface area (Å²) in [5.41, 5.74) is 0.660. The second kappa shape index (κ2) is 4.72. The fourth-order valence-electron chi connectivity index (χ4n) is 0.913. The average Bonchev–Trinajstić information content (AvgIpc) is 2.18. The normalized spacial score (nSPS) is 11.4. The van der Waals surface area contributed by atoms with Gasteiger partial charge in [-0.25, -0.2) is 0 Å². The lowest BCUT2D eigenvalue weighted by Gasteiger charge is -2.02. The summed E-state index contributed by atoms with van der Waals surface area (Å²) in [7, 11) is 0. The van der Waals surface area contributed by atoms with Crippen molar-refractivity contribution >= 4 is 16.8 Å². The molecule has 0 aromatic heterocycles. The molecule has 0 aliphatic rings. The zero-order chi connectivity index (χ0) is 9.68. The minimum atomic E-state index is 0.0723. The van der Waals surface area contributed by atoms with Crippen molar-refractivity contribution < 1.29 is 9.94 Å². The molecule has 0 atom stereocenters. The first-order valence-corrected chi connectivity index (χ1v) is 4.26. The van der Waals surface area contributed by atoms with Crippen molar-refractivity contribution in [3.05, 3.63) is 29.8 Å². The van der Waals surface area contributed by atoms with Crippen molar-refractivity contribution in [1.82, 2.24) is 0 Å². The van der Waals surface area contributed by atoms with E-state index < -0.39 is 0 Å². The molecule has 0 amide bonds. The number of halogens is 1. The molecule has 70 valence electrons. The first kappa shape index (κ1) is 9.86. The number of hydrogen-bond donors (Lipinski definition) is 1. The molecule has 3 nitrogen and oxygen atoms in total. The van der Waals surface area contributed by atoms with Crippen LogP contribution >= 0.6 is 11.6 Å². The van der Waals surface area contributed by atoms with E-state index in [-0.39, 0.29) is 5.17 Å². The minimum absolute atomic E-state index is 0.0723. The lowest BCUT2D eigenvalue weighted by Crippen LogP contribution is -1.93. The highest BCUT2D eigenvalue weighted by molar-refractivity contribution is 6.69. The molecule has 0 saturated heterocycles.